The van der Waals surface area contributed by atoms with Crippen molar-refractivity contribution in [2.24, 2.45) is 0 Å². The maximum absolute atomic E-state index is 12.9. The van der Waals surface area contributed by atoms with Crippen LogP contribution in [0.2, 0.25) is 5.02 Å². The second kappa shape index (κ2) is 8.05. The number of rotatable bonds is 5. The minimum absolute atomic E-state index is 0.0453. The van der Waals surface area contributed by atoms with Crippen molar-refractivity contribution in [3.05, 3.63) is 79.4 Å². The summed E-state index contributed by atoms with van der Waals surface area (Å²) < 4.78 is 7.04. The number of thioether (sulfide) groups is 1. The molecule has 5 nitrogen and oxygen atoms in total. The van der Waals surface area contributed by atoms with Crippen LogP contribution < -0.4 is 11.2 Å². The van der Waals surface area contributed by atoms with Gasteiger partial charge in [0.05, 0.1) is 10.9 Å². The van der Waals surface area contributed by atoms with Crippen molar-refractivity contribution in [1.82, 2.24) is 9.55 Å². The van der Waals surface area contributed by atoms with E-state index in [-0.39, 0.29) is 5.56 Å². The van der Waals surface area contributed by atoms with Crippen molar-refractivity contribution in [2.75, 3.05) is 0 Å². The molecule has 29 heavy (non-hydrogen) atoms. The third-order valence-corrected chi connectivity index (χ3v) is 6.17. The predicted molar refractivity (Wildman–Crippen MR) is 118 cm³/mol. The first kappa shape index (κ1) is 19.7. The minimum atomic E-state index is -0.410. The Hall–Kier alpha value is -2.57. The van der Waals surface area contributed by atoms with Crippen molar-refractivity contribution in [2.45, 2.75) is 37.7 Å². The van der Waals surface area contributed by atoms with Gasteiger partial charge >= 0.3 is 5.63 Å². The van der Waals surface area contributed by atoms with E-state index in [4.69, 9.17) is 21.0 Å². The van der Waals surface area contributed by atoms with E-state index in [1.807, 2.05) is 38.1 Å². The lowest BCUT2D eigenvalue weighted by atomic mass is 10.1. The summed E-state index contributed by atoms with van der Waals surface area (Å²) in [4.78, 5) is 29.7. The molecule has 0 aliphatic carbocycles. The van der Waals surface area contributed by atoms with Gasteiger partial charge in [0.15, 0.2) is 5.16 Å². The van der Waals surface area contributed by atoms with Gasteiger partial charge in [-0.25, -0.2) is 9.78 Å². The SMILES string of the molecule is CCCn1c(SCc2cc(=O)oc3cc(C)c(Cl)cc23)nc2ccccc2c1=O. The van der Waals surface area contributed by atoms with Gasteiger partial charge in [0.1, 0.15) is 5.58 Å². The second-order valence-electron chi connectivity index (χ2n) is 6.85. The molecule has 0 saturated heterocycles. The van der Waals surface area contributed by atoms with E-state index in [1.165, 1.54) is 17.8 Å². The Labute approximate surface area is 176 Å². The highest BCUT2D eigenvalue weighted by molar-refractivity contribution is 7.98. The standard InChI is InChI=1S/C22H19ClN2O3S/c1-3-8-25-21(27)15-6-4-5-7-18(15)24-22(25)29-12-14-10-20(26)28-19-9-13(2)17(23)11-16(14)19/h4-7,9-11H,3,8,12H2,1-2H3. The number of para-hydroxylation sites is 1. The Balaban J connectivity index is 1.79. The van der Waals surface area contributed by atoms with Crippen LogP contribution in [0.25, 0.3) is 21.9 Å². The van der Waals surface area contributed by atoms with E-state index in [0.717, 1.165) is 22.9 Å². The fourth-order valence-corrected chi connectivity index (χ4v) is 4.47. The molecule has 0 aliphatic rings. The number of aromatic nitrogens is 2. The van der Waals surface area contributed by atoms with Crippen molar-refractivity contribution in [1.29, 1.82) is 0 Å². The van der Waals surface area contributed by atoms with Gasteiger partial charge in [-0.15, -0.1) is 0 Å². The monoisotopic (exact) mass is 426 g/mol. The molecule has 0 fully saturated rings. The third kappa shape index (κ3) is 3.82. The Morgan fingerprint density at radius 2 is 1.93 bits per heavy atom. The molecule has 2 aromatic heterocycles. The van der Waals surface area contributed by atoms with Gasteiger partial charge in [-0.1, -0.05) is 42.4 Å². The maximum atomic E-state index is 12.9. The van der Waals surface area contributed by atoms with Crippen LogP contribution in [0.3, 0.4) is 0 Å². The Bertz CT molecular complexity index is 1340. The molecule has 4 rings (SSSR count). The fraction of sp³-hybridized carbons (Fsp3) is 0.227. The molecule has 0 unspecified atom stereocenters. The van der Waals surface area contributed by atoms with Gasteiger partial charge in [0.2, 0.25) is 0 Å². The molecule has 2 aromatic carbocycles. The molecular formula is C22H19ClN2O3S. The molecule has 0 N–H and O–H groups in total. The molecule has 0 atom stereocenters. The zero-order valence-corrected chi connectivity index (χ0v) is 17.6. The molecule has 7 heteroatoms. The lowest BCUT2D eigenvalue weighted by Crippen LogP contribution is -2.23. The van der Waals surface area contributed by atoms with Gasteiger partial charge in [-0.2, -0.15) is 0 Å². The summed E-state index contributed by atoms with van der Waals surface area (Å²) in [5, 5.41) is 2.65. The number of fused-ring (bicyclic) bond motifs is 2. The molecule has 0 saturated carbocycles. The van der Waals surface area contributed by atoms with Gasteiger partial charge < -0.3 is 4.42 Å². The number of nitrogens with zero attached hydrogens (tertiary/aromatic N) is 2. The minimum Gasteiger partial charge on any atom is -0.423 e. The van der Waals surface area contributed by atoms with Gasteiger partial charge in [-0.05, 0) is 48.7 Å². The van der Waals surface area contributed by atoms with Crippen molar-refractivity contribution < 1.29 is 4.42 Å². The molecule has 4 aromatic rings. The van der Waals surface area contributed by atoms with E-state index in [1.54, 1.807) is 16.7 Å². The lowest BCUT2D eigenvalue weighted by molar-refractivity contribution is 0.559. The molecule has 0 amide bonds. The zero-order chi connectivity index (χ0) is 20.5. The van der Waals surface area contributed by atoms with Crippen LogP contribution in [0.15, 0.2) is 61.6 Å². The lowest BCUT2D eigenvalue weighted by Gasteiger charge is -2.13. The van der Waals surface area contributed by atoms with E-state index in [0.29, 0.717) is 39.0 Å². The number of hydrogen-bond acceptors (Lipinski definition) is 5. The van der Waals surface area contributed by atoms with Crippen LogP contribution >= 0.6 is 23.4 Å². The predicted octanol–water partition coefficient (Wildman–Crippen LogP) is 5.17. The maximum Gasteiger partial charge on any atom is 0.336 e. The van der Waals surface area contributed by atoms with Gasteiger partial charge in [0, 0.05) is 28.8 Å². The highest BCUT2D eigenvalue weighted by atomic mass is 35.5. The van der Waals surface area contributed by atoms with Crippen LogP contribution in [-0.2, 0) is 12.3 Å². The topological polar surface area (TPSA) is 65.1 Å². The molecule has 2 heterocycles. The summed E-state index contributed by atoms with van der Waals surface area (Å²) >= 11 is 7.72. The Morgan fingerprint density at radius 1 is 1.14 bits per heavy atom. The molecule has 0 aliphatic heterocycles. The summed E-state index contributed by atoms with van der Waals surface area (Å²) in [6, 6.07) is 12.4. The largest absolute Gasteiger partial charge is 0.423 e. The van der Waals surface area contributed by atoms with Crippen molar-refractivity contribution >= 4 is 45.2 Å². The summed E-state index contributed by atoms with van der Waals surface area (Å²) in [6.45, 7) is 4.48. The quantitative estimate of drug-likeness (QED) is 0.250. The summed E-state index contributed by atoms with van der Waals surface area (Å²) in [6.07, 6.45) is 0.820. The van der Waals surface area contributed by atoms with Crippen molar-refractivity contribution in [3.63, 3.8) is 0 Å². The van der Waals surface area contributed by atoms with Gasteiger partial charge in [-0.3, -0.25) is 9.36 Å². The van der Waals surface area contributed by atoms with E-state index in [2.05, 4.69) is 0 Å². The highest BCUT2D eigenvalue weighted by Crippen LogP contribution is 2.29. The second-order valence-corrected chi connectivity index (χ2v) is 8.19. The first-order valence-electron chi connectivity index (χ1n) is 9.33. The molecule has 0 radical (unpaired) electrons. The molecule has 0 bridgehead atoms. The first-order chi connectivity index (χ1) is 14.0. The fourth-order valence-electron chi connectivity index (χ4n) is 3.29. The van der Waals surface area contributed by atoms with Crippen LogP contribution in [0.4, 0.5) is 0 Å². The number of hydrogen-bond donors (Lipinski definition) is 0. The number of benzene rings is 2. The average molecular weight is 427 g/mol. The van der Waals surface area contributed by atoms with Crippen LogP contribution in [0.5, 0.6) is 0 Å². The van der Waals surface area contributed by atoms with E-state index in [9.17, 15) is 9.59 Å². The first-order valence-corrected chi connectivity index (χ1v) is 10.7. The summed E-state index contributed by atoms with van der Waals surface area (Å²) in [5.41, 5.74) is 2.37. The molecule has 0 spiro atoms. The summed E-state index contributed by atoms with van der Waals surface area (Å²) in [5.74, 6) is 0.468. The molecule has 148 valence electrons. The number of halogens is 1. The van der Waals surface area contributed by atoms with Crippen LogP contribution in [0.1, 0.15) is 24.5 Å². The highest BCUT2D eigenvalue weighted by Gasteiger charge is 2.14. The smallest absolute Gasteiger partial charge is 0.336 e. The van der Waals surface area contributed by atoms with Crippen molar-refractivity contribution in [3.8, 4) is 0 Å². The van der Waals surface area contributed by atoms with Crippen LogP contribution in [0, 0.1) is 6.92 Å². The zero-order valence-electron chi connectivity index (χ0n) is 16.1. The van der Waals surface area contributed by atoms with E-state index < -0.39 is 5.63 Å². The van der Waals surface area contributed by atoms with E-state index >= 15 is 0 Å². The Morgan fingerprint density at radius 3 is 2.72 bits per heavy atom. The van der Waals surface area contributed by atoms with Crippen LogP contribution in [-0.4, -0.2) is 9.55 Å². The third-order valence-electron chi connectivity index (χ3n) is 4.74. The summed E-state index contributed by atoms with van der Waals surface area (Å²) in [7, 11) is 0. The van der Waals surface area contributed by atoms with Gasteiger partial charge in [0.25, 0.3) is 5.56 Å². The average Bonchev–Trinajstić information content (AvgIpc) is 2.70. The normalized spacial score (nSPS) is 11.4. The number of aryl methyl sites for hydroxylation is 1. The molecular weight excluding hydrogens is 408 g/mol. The Kier molecular flexibility index (Phi) is 5.48.